The molecule has 0 heterocycles. The minimum atomic E-state index is -0.666. The average Bonchev–Trinajstić information content (AvgIpc) is 2.63. The second-order valence-electron chi connectivity index (χ2n) is 5.79. The number of amides is 1. The second-order valence-corrected chi connectivity index (χ2v) is 7.50. The van der Waals surface area contributed by atoms with Crippen LogP contribution in [0.15, 0.2) is 44.9 Å². The van der Waals surface area contributed by atoms with E-state index in [0.717, 1.165) is 0 Å². The highest BCUT2D eigenvalue weighted by atomic mass is 79.9. The molecule has 0 fully saturated rings. The van der Waals surface area contributed by atoms with Crippen molar-refractivity contribution in [3.63, 3.8) is 0 Å². The summed E-state index contributed by atoms with van der Waals surface area (Å²) in [5.74, 6) is -0.884. The fraction of sp³-hybridized carbons (Fsp3) is 0.105. The van der Waals surface area contributed by atoms with Crippen molar-refractivity contribution >= 4 is 61.2 Å². The van der Waals surface area contributed by atoms with Crippen molar-refractivity contribution in [1.29, 1.82) is 5.26 Å². The molecule has 2 rings (SSSR count). The van der Waals surface area contributed by atoms with Gasteiger partial charge in [0.2, 0.25) is 0 Å². The van der Waals surface area contributed by atoms with Gasteiger partial charge in [-0.1, -0.05) is 0 Å². The molecule has 1 amide bonds. The summed E-state index contributed by atoms with van der Waals surface area (Å²) in [6.45, 7) is 2.88. The molecule has 0 aliphatic heterocycles. The van der Waals surface area contributed by atoms with E-state index in [0.29, 0.717) is 25.8 Å². The van der Waals surface area contributed by atoms with Crippen LogP contribution in [0.2, 0.25) is 0 Å². The zero-order valence-electron chi connectivity index (χ0n) is 15.2. The summed E-state index contributed by atoms with van der Waals surface area (Å²) in [7, 11) is 0. The van der Waals surface area contributed by atoms with E-state index in [1.807, 2.05) is 6.07 Å². The summed E-state index contributed by atoms with van der Waals surface area (Å²) in [6, 6.07) is 9.00. The highest BCUT2D eigenvalue weighted by Crippen LogP contribution is 2.35. The maximum atomic E-state index is 12.5. The number of nitriles is 1. The summed E-state index contributed by atoms with van der Waals surface area (Å²) in [6.07, 6.45) is 1.36. The largest absolute Gasteiger partial charge is 0.424 e. The van der Waals surface area contributed by atoms with Gasteiger partial charge < -0.3 is 10.1 Å². The van der Waals surface area contributed by atoms with Gasteiger partial charge in [-0.2, -0.15) is 5.26 Å². The van der Waals surface area contributed by atoms with Crippen molar-refractivity contribution in [2.24, 2.45) is 0 Å². The molecule has 0 aliphatic rings. The summed E-state index contributed by atoms with van der Waals surface area (Å²) in [5.41, 5.74) is 1.07. The van der Waals surface area contributed by atoms with Crippen molar-refractivity contribution in [3.05, 3.63) is 66.1 Å². The molecular weight excluding hydrogens is 510 g/mol. The Labute approximate surface area is 182 Å². The van der Waals surface area contributed by atoms with Crippen molar-refractivity contribution in [2.45, 2.75) is 13.8 Å². The normalized spacial score (nSPS) is 10.8. The van der Waals surface area contributed by atoms with Gasteiger partial charge in [-0.05, 0) is 74.2 Å². The third-order valence-electron chi connectivity index (χ3n) is 3.61. The van der Waals surface area contributed by atoms with Gasteiger partial charge in [0.1, 0.15) is 11.6 Å². The fourth-order valence-corrected chi connectivity index (χ4v) is 3.69. The highest BCUT2D eigenvalue weighted by Gasteiger charge is 2.15. The van der Waals surface area contributed by atoms with Crippen LogP contribution < -0.4 is 10.1 Å². The molecule has 1 N–H and O–H groups in total. The molecule has 0 saturated heterocycles. The first-order valence-electron chi connectivity index (χ1n) is 7.98. The average molecular weight is 523 g/mol. The van der Waals surface area contributed by atoms with Gasteiger partial charge in [-0.3, -0.25) is 19.7 Å². The fourth-order valence-electron chi connectivity index (χ4n) is 2.31. The molecule has 29 heavy (non-hydrogen) atoms. The zero-order chi connectivity index (χ0) is 21.7. The summed E-state index contributed by atoms with van der Waals surface area (Å²) >= 11 is 6.56. The van der Waals surface area contributed by atoms with E-state index in [2.05, 4.69) is 37.2 Å². The van der Waals surface area contributed by atoms with Crippen LogP contribution in [0.3, 0.4) is 0 Å². The predicted octanol–water partition coefficient (Wildman–Crippen LogP) is 4.90. The Bertz CT molecular complexity index is 1070. The molecule has 10 heteroatoms. The third-order valence-corrected chi connectivity index (χ3v) is 4.79. The summed E-state index contributed by atoms with van der Waals surface area (Å²) < 4.78 is 5.99. The Morgan fingerprint density at radius 1 is 1.24 bits per heavy atom. The zero-order valence-corrected chi connectivity index (χ0v) is 18.3. The first kappa shape index (κ1) is 22.3. The smallest absolute Gasteiger partial charge is 0.308 e. The Hall–Kier alpha value is -3.03. The first-order chi connectivity index (χ1) is 13.6. The van der Waals surface area contributed by atoms with Crippen molar-refractivity contribution in [3.8, 4) is 11.8 Å². The van der Waals surface area contributed by atoms with Crippen molar-refractivity contribution in [1.82, 2.24) is 0 Å². The number of rotatable bonds is 5. The molecule has 0 saturated carbocycles. The van der Waals surface area contributed by atoms with Crippen LogP contribution in [0.5, 0.6) is 5.75 Å². The van der Waals surface area contributed by atoms with Gasteiger partial charge in [0.15, 0.2) is 5.75 Å². The Balaban J connectivity index is 2.30. The number of anilines is 1. The van der Waals surface area contributed by atoms with Gasteiger partial charge in [0, 0.05) is 24.7 Å². The molecule has 2 aromatic rings. The number of hydrogen-bond donors (Lipinski definition) is 1. The molecule has 0 unspecified atom stereocenters. The number of hydrogen-bond acceptors (Lipinski definition) is 6. The van der Waals surface area contributed by atoms with Crippen LogP contribution >= 0.6 is 31.9 Å². The number of esters is 1. The number of halogens is 2. The molecule has 0 bridgehead atoms. The van der Waals surface area contributed by atoms with Crippen LogP contribution in [0.4, 0.5) is 11.4 Å². The molecule has 0 atom stereocenters. The number of nitrogens with one attached hydrogen (secondary N) is 1. The Kier molecular flexibility index (Phi) is 7.25. The number of carbonyl (C=O) groups excluding carboxylic acids is 2. The van der Waals surface area contributed by atoms with Crippen LogP contribution in [0.1, 0.15) is 18.1 Å². The lowest BCUT2D eigenvalue weighted by atomic mass is 10.1. The van der Waals surface area contributed by atoms with Gasteiger partial charge in [-0.25, -0.2) is 0 Å². The number of nitro groups is 1. The Morgan fingerprint density at radius 2 is 1.86 bits per heavy atom. The molecule has 0 radical (unpaired) electrons. The van der Waals surface area contributed by atoms with Gasteiger partial charge in [-0.15, -0.1) is 0 Å². The third kappa shape index (κ3) is 5.73. The SMILES string of the molecule is CC(=O)Oc1c(Br)cc(C=C(C#N)C(=O)Nc2ccc([N+](=O)[O-])cc2C)cc1Br. The number of nitrogens with zero attached hydrogens (tertiary/aromatic N) is 2. The van der Waals surface area contributed by atoms with E-state index in [1.165, 1.54) is 31.2 Å². The van der Waals surface area contributed by atoms with Crippen LogP contribution in [-0.2, 0) is 9.59 Å². The van der Waals surface area contributed by atoms with Gasteiger partial charge in [0.05, 0.1) is 13.9 Å². The van der Waals surface area contributed by atoms with Gasteiger partial charge in [0.25, 0.3) is 11.6 Å². The van der Waals surface area contributed by atoms with E-state index in [4.69, 9.17) is 4.74 Å². The number of benzene rings is 2. The maximum absolute atomic E-state index is 12.5. The molecule has 148 valence electrons. The number of aryl methyl sites for hydroxylation is 1. The number of non-ortho nitro benzene ring substituents is 1. The lowest BCUT2D eigenvalue weighted by Crippen LogP contribution is -2.14. The molecule has 2 aromatic carbocycles. The number of nitro benzene ring substituents is 1. The van der Waals surface area contributed by atoms with Crippen LogP contribution in [0, 0.1) is 28.4 Å². The summed E-state index contributed by atoms with van der Waals surface area (Å²) in [5, 5.41) is 22.8. The van der Waals surface area contributed by atoms with Crippen molar-refractivity contribution in [2.75, 3.05) is 5.32 Å². The topological polar surface area (TPSA) is 122 Å². The maximum Gasteiger partial charge on any atom is 0.308 e. The molecule has 0 aromatic heterocycles. The van der Waals surface area contributed by atoms with E-state index >= 15 is 0 Å². The molecule has 0 spiro atoms. The minimum Gasteiger partial charge on any atom is -0.424 e. The van der Waals surface area contributed by atoms with E-state index in [9.17, 15) is 25.0 Å². The predicted molar refractivity (Wildman–Crippen MR) is 113 cm³/mol. The van der Waals surface area contributed by atoms with Crippen LogP contribution in [-0.4, -0.2) is 16.8 Å². The highest BCUT2D eigenvalue weighted by molar-refractivity contribution is 9.11. The molecular formula is C19H13Br2N3O5. The molecule has 0 aliphatic carbocycles. The number of carbonyl (C=O) groups is 2. The Morgan fingerprint density at radius 3 is 2.34 bits per heavy atom. The summed E-state index contributed by atoms with van der Waals surface area (Å²) in [4.78, 5) is 33.9. The van der Waals surface area contributed by atoms with E-state index in [-0.39, 0.29) is 17.0 Å². The van der Waals surface area contributed by atoms with E-state index in [1.54, 1.807) is 19.1 Å². The monoisotopic (exact) mass is 521 g/mol. The number of ether oxygens (including phenoxy) is 1. The first-order valence-corrected chi connectivity index (χ1v) is 9.56. The quantitative estimate of drug-likeness (QED) is 0.149. The minimum absolute atomic E-state index is 0.0980. The second kappa shape index (κ2) is 9.45. The van der Waals surface area contributed by atoms with Gasteiger partial charge >= 0.3 is 5.97 Å². The lowest BCUT2D eigenvalue weighted by Gasteiger charge is -2.09. The lowest BCUT2D eigenvalue weighted by molar-refractivity contribution is -0.384. The van der Waals surface area contributed by atoms with Crippen molar-refractivity contribution < 1.29 is 19.2 Å². The van der Waals surface area contributed by atoms with Crippen LogP contribution in [0.25, 0.3) is 6.08 Å². The van der Waals surface area contributed by atoms with E-state index < -0.39 is 16.8 Å². The molecule has 8 nitrogen and oxygen atoms in total. The standard InChI is InChI=1S/C19H13Br2N3O5/c1-10-5-14(24(27)28)3-4-17(10)23-19(26)13(9-22)6-12-7-15(20)18(16(21)8-12)29-11(2)25/h3-8H,1-2H3,(H,23,26).